The number of hydrogen-bond donors (Lipinski definition) is 1. The lowest BCUT2D eigenvalue weighted by atomic mass is 10.00. The van der Waals surface area contributed by atoms with Gasteiger partial charge in [-0.1, -0.05) is 22.0 Å². The molecule has 2 heterocycles. The van der Waals surface area contributed by atoms with Crippen LogP contribution in [0.5, 0.6) is 0 Å². The Hall–Kier alpha value is -1.66. The van der Waals surface area contributed by atoms with E-state index in [1.54, 1.807) is 6.33 Å². The van der Waals surface area contributed by atoms with E-state index in [2.05, 4.69) is 73.3 Å². The second-order valence-corrected chi connectivity index (χ2v) is 6.99. The van der Waals surface area contributed by atoms with E-state index in [0.29, 0.717) is 0 Å². The van der Waals surface area contributed by atoms with Crippen molar-refractivity contribution >= 4 is 27.6 Å². The van der Waals surface area contributed by atoms with Crippen LogP contribution in [-0.4, -0.2) is 48.6 Å². The molecule has 1 aliphatic heterocycles. The lowest BCUT2D eigenvalue weighted by Crippen LogP contribution is -2.31. The number of nitrogens with zero attached hydrogens (tertiary/aromatic N) is 4. The molecular weight excluding hydrogens is 354 g/mol. The van der Waals surface area contributed by atoms with E-state index < -0.39 is 0 Å². The number of halogens is 1. The topological polar surface area (TPSA) is 44.3 Å². The van der Waals surface area contributed by atoms with Crippen LogP contribution in [0.25, 0.3) is 0 Å². The van der Waals surface area contributed by atoms with Gasteiger partial charge in [0.15, 0.2) is 0 Å². The quantitative estimate of drug-likeness (QED) is 0.870. The van der Waals surface area contributed by atoms with Crippen molar-refractivity contribution in [1.82, 2.24) is 14.9 Å². The van der Waals surface area contributed by atoms with Crippen molar-refractivity contribution in [3.8, 4) is 0 Å². The predicted octanol–water partition coefficient (Wildman–Crippen LogP) is 2.78. The molecule has 23 heavy (non-hydrogen) atoms. The van der Waals surface area contributed by atoms with E-state index in [1.807, 2.05) is 6.07 Å². The third kappa shape index (κ3) is 4.20. The Balaban J connectivity index is 1.70. The highest BCUT2D eigenvalue weighted by molar-refractivity contribution is 9.10. The third-order valence-corrected chi connectivity index (χ3v) is 4.52. The highest BCUT2D eigenvalue weighted by Gasteiger charge is 2.18. The number of fused-ring (bicyclic) bond motifs is 1. The van der Waals surface area contributed by atoms with Crippen LogP contribution in [0.1, 0.15) is 11.1 Å². The summed E-state index contributed by atoms with van der Waals surface area (Å²) in [5.74, 6) is 1.87. The van der Waals surface area contributed by atoms with Crippen molar-refractivity contribution in [2.45, 2.75) is 13.0 Å². The van der Waals surface area contributed by atoms with Gasteiger partial charge < -0.3 is 15.1 Å². The van der Waals surface area contributed by atoms with Gasteiger partial charge in [-0.15, -0.1) is 0 Å². The van der Waals surface area contributed by atoms with Crippen LogP contribution in [0.3, 0.4) is 0 Å². The van der Waals surface area contributed by atoms with Crippen LogP contribution in [-0.2, 0) is 13.0 Å². The molecule has 0 radical (unpaired) electrons. The van der Waals surface area contributed by atoms with Crippen molar-refractivity contribution in [3.63, 3.8) is 0 Å². The van der Waals surface area contributed by atoms with Crippen molar-refractivity contribution in [1.29, 1.82) is 0 Å². The zero-order chi connectivity index (χ0) is 16.2. The van der Waals surface area contributed by atoms with E-state index in [0.717, 1.165) is 48.7 Å². The van der Waals surface area contributed by atoms with Crippen molar-refractivity contribution < 1.29 is 0 Å². The average Bonchev–Trinajstić information content (AvgIpc) is 2.54. The summed E-state index contributed by atoms with van der Waals surface area (Å²) in [5.41, 5.74) is 2.80. The first-order valence-electron chi connectivity index (χ1n) is 7.85. The summed E-state index contributed by atoms with van der Waals surface area (Å²) in [5, 5.41) is 3.36. The Morgan fingerprint density at radius 2 is 2.09 bits per heavy atom. The maximum atomic E-state index is 4.45. The van der Waals surface area contributed by atoms with Crippen molar-refractivity contribution in [2.75, 3.05) is 43.9 Å². The Bertz CT molecular complexity index is 674. The number of anilines is 2. The van der Waals surface area contributed by atoms with Crippen molar-refractivity contribution in [3.05, 3.63) is 46.2 Å². The second-order valence-electron chi connectivity index (χ2n) is 6.08. The largest absolute Gasteiger partial charge is 0.369 e. The van der Waals surface area contributed by atoms with Gasteiger partial charge in [0.2, 0.25) is 0 Å². The summed E-state index contributed by atoms with van der Waals surface area (Å²) in [6.45, 7) is 3.73. The molecule has 2 aromatic rings. The van der Waals surface area contributed by atoms with Crippen molar-refractivity contribution in [2.24, 2.45) is 0 Å². The number of nitrogens with one attached hydrogen (secondary N) is 1. The monoisotopic (exact) mass is 375 g/mol. The summed E-state index contributed by atoms with van der Waals surface area (Å²) in [6.07, 6.45) is 2.69. The fraction of sp³-hybridized carbons (Fsp3) is 0.412. The van der Waals surface area contributed by atoms with Gasteiger partial charge in [-0.2, -0.15) is 0 Å². The average molecular weight is 376 g/mol. The van der Waals surface area contributed by atoms with Gasteiger partial charge in [-0.25, -0.2) is 9.97 Å². The molecule has 0 atom stereocenters. The molecule has 5 nitrogen and oxygen atoms in total. The van der Waals surface area contributed by atoms with Crippen LogP contribution >= 0.6 is 15.9 Å². The Kier molecular flexibility index (Phi) is 5.13. The highest BCUT2D eigenvalue weighted by Crippen LogP contribution is 2.26. The van der Waals surface area contributed by atoms with Crippen LogP contribution in [0, 0.1) is 0 Å². The number of benzene rings is 1. The molecule has 0 unspecified atom stereocenters. The molecular formula is C17H22BrN5. The standard InChI is InChI=1S/C17H22BrN5/c1-22(2)8-6-19-16-10-17(21-12-20-16)23-7-5-13-3-4-15(18)9-14(13)11-23/h3-4,9-10,12H,5-8,11H2,1-2H3,(H,19,20,21). The molecule has 0 amide bonds. The van der Waals surface area contributed by atoms with Crippen LogP contribution in [0.15, 0.2) is 35.1 Å². The number of aromatic nitrogens is 2. The van der Waals surface area contributed by atoms with Gasteiger partial charge in [-0.05, 0) is 43.8 Å². The lowest BCUT2D eigenvalue weighted by Gasteiger charge is -2.30. The van der Waals surface area contributed by atoms with E-state index in [1.165, 1.54) is 11.1 Å². The minimum Gasteiger partial charge on any atom is -0.369 e. The predicted molar refractivity (Wildman–Crippen MR) is 98.0 cm³/mol. The molecule has 0 saturated carbocycles. The van der Waals surface area contributed by atoms with E-state index in [-0.39, 0.29) is 0 Å². The summed E-state index contributed by atoms with van der Waals surface area (Å²) in [6, 6.07) is 8.58. The highest BCUT2D eigenvalue weighted by atomic mass is 79.9. The SMILES string of the molecule is CN(C)CCNc1cc(N2CCc3ccc(Br)cc3C2)ncn1. The van der Waals surface area contributed by atoms with E-state index in [4.69, 9.17) is 0 Å². The molecule has 0 spiro atoms. The summed E-state index contributed by atoms with van der Waals surface area (Å²) in [7, 11) is 4.13. The zero-order valence-electron chi connectivity index (χ0n) is 13.6. The van der Waals surface area contributed by atoms with Crippen LogP contribution in [0.4, 0.5) is 11.6 Å². The number of hydrogen-bond acceptors (Lipinski definition) is 5. The smallest absolute Gasteiger partial charge is 0.134 e. The van der Waals surface area contributed by atoms with E-state index >= 15 is 0 Å². The van der Waals surface area contributed by atoms with Crippen LogP contribution < -0.4 is 10.2 Å². The molecule has 0 aliphatic carbocycles. The van der Waals surface area contributed by atoms with Gasteiger partial charge >= 0.3 is 0 Å². The summed E-state index contributed by atoms with van der Waals surface area (Å²) < 4.78 is 1.13. The molecule has 0 bridgehead atoms. The molecule has 1 N–H and O–H groups in total. The summed E-state index contributed by atoms with van der Waals surface area (Å²) in [4.78, 5) is 13.2. The minimum absolute atomic E-state index is 0.874. The molecule has 3 rings (SSSR count). The number of rotatable bonds is 5. The Morgan fingerprint density at radius 3 is 2.91 bits per heavy atom. The van der Waals surface area contributed by atoms with Gasteiger partial charge in [0.05, 0.1) is 0 Å². The molecule has 6 heteroatoms. The van der Waals surface area contributed by atoms with E-state index in [9.17, 15) is 0 Å². The fourth-order valence-corrected chi connectivity index (χ4v) is 3.15. The minimum atomic E-state index is 0.874. The third-order valence-electron chi connectivity index (χ3n) is 4.02. The maximum absolute atomic E-state index is 4.45. The molecule has 1 aromatic carbocycles. The zero-order valence-corrected chi connectivity index (χ0v) is 15.2. The van der Waals surface area contributed by atoms with Crippen LogP contribution in [0.2, 0.25) is 0 Å². The Labute approximate surface area is 145 Å². The first-order chi connectivity index (χ1) is 11.1. The number of likely N-dealkylation sites (N-methyl/N-ethyl adjacent to an activating group) is 1. The first kappa shape index (κ1) is 16.2. The molecule has 122 valence electrons. The fourth-order valence-electron chi connectivity index (χ4n) is 2.75. The van der Waals surface area contributed by atoms with Gasteiger partial charge in [-0.3, -0.25) is 0 Å². The summed E-state index contributed by atoms with van der Waals surface area (Å²) >= 11 is 3.56. The molecule has 1 aromatic heterocycles. The maximum Gasteiger partial charge on any atom is 0.134 e. The molecule has 0 saturated heterocycles. The van der Waals surface area contributed by atoms with Gasteiger partial charge in [0.1, 0.15) is 18.0 Å². The Morgan fingerprint density at radius 1 is 1.22 bits per heavy atom. The second kappa shape index (κ2) is 7.27. The van der Waals surface area contributed by atoms with Gasteiger partial charge in [0.25, 0.3) is 0 Å². The molecule has 1 aliphatic rings. The normalized spacial score (nSPS) is 14.0. The lowest BCUT2D eigenvalue weighted by molar-refractivity contribution is 0.425. The first-order valence-corrected chi connectivity index (χ1v) is 8.64. The van der Waals surface area contributed by atoms with Gasteiger partial charge in [0, 0.05) is 36.7 Å². The molecule has 0 fully saturated rings.